The largest absolute Gasteiger partial charge is 0.466 e. The van der Waals surface area contributed by atoms with Gasteiger partial charge in [-0.15, -0.1) is 0 Å². The van der Waals surface area contributed by atoms with E-state index in [9.17, 15) is 13.2 Å². The Bertz CT molecular complexity index is 703. The van der Waals surface area contributed by atoms with Gasteiger partial charge in [0, 0.05) is 13.1 Å². The second-order valence-electron chi connectivity index (χ2n) is 7.66. The number of carbonyl (C=O) groups is 1. The Morgan fingerprint density at radius 1 is 1.07 bits per heavy atom. The van der Waals surface area contributed by atoms with Gasteiger partial charge in [0.2, 0.25) is 10.0 Å². The van der Waals surface area contributed by atoms with Gasteiger partial charge in [-0.3, -0.25) is 4.79 Å². The van der Waals surface area contributed by atoms with E-state index in [2.05, 4.69) is 0 Å². The molecule has 1 aliphatic rings. The molecule has 1 fully saturated rings. The van der Waals surface area contributed by atoms with Crippen molar-refractivity contribution in [1.29, 1.82) is 0 Å². The molecule has 1 aromatic rings. The molecule has 1 aliphatic carbocycles. The lowest BCUT2D eigenvalue weighted by atomic mass is 9.88. The van der Waals surface area contributed by atoms with Gasteiger partial charge in [0.1, 0.15) is 0 Å². The first kappa shape index (κ1) is 22.9. The molecule has 1 saturated carbocycles. The maximum atomic E-state index is 12.9. The zero-order valence-corrected chi connectivity index (χ0v) is 18.3. The maximum Gasteiger partial charge on any atom is 0.313 e. The number of hydrogen-bond acceptors (Lipinski definition) is 4. The minimum absolute atomic E-state index is 0.205. The van der Waals surface area contributed by atoms with Crippen LogP contribution in [0.5, 0.6) is 0 Å². The van der Waals surface area contributed by atoms with Gasteiger partial charge in [0.15, 0.2) is 0 Å². The molecular formula is C22H35NO4S. The Morgan fingerprint density at radius 2 is 1.64 bits per heavy atom. The molecule has 0 heterocycles. The first-order valence-electron chi connectivity index (χ1n) is 10.7. The van der Waals surface area contributed by atoms with Crippen LogP contribution in [0.2, 0.25) is 0 Å². The molecule has 1 atom stereocenters. The average Bonchev–Trinajstić information content (AvgIpc) is 3.19. The highest BCUT2D eigenvalue weighted by Crippen LogP contribution is 2.35. The lowest BCUT2D eigenvalue weighted by Gasteiger charge is -2.22. The number of ether oxygens (including phenoxy) is 1. The summed E-state index contributed by atoms with van der Waals surface area (Å²) in [5.74, 6) is 0.0215. The van der Waals surface area contributed by atoms with E-state index in [1.165, 1.54) is 12.8 Å². The summed E-state index contributed by atoms with van der Waals surface area (Å²) in [6.07, 6.45) is 7.11. The van der Waals surface area contributed by atoms with Crippen LogP contribution in [0.4, 0.5) is 0 Å². The molecule has 1 unspecified atom stereocenters. The minimum atomic E-state index is -3.50. The normalized spacial score (nSPS) is 16.4. The van der Waals surface area contributed by atoms with Crippen LogP contribution in [-0.4, -0.2) is 38.4 Å². The molecule has 0 bridgehead atoms. The van der Waals surface area contributed by atoms with Crippen molar-refractivity contribution in [2.24, 2.45) is 5.92 Å². The highest BCUT2D eigenvalue weighted by Gasteiger charge is 2.29. The van der Waals surface area contributed by atoms with Crippen molar-refractivity contribution in [3.05, 3.63) is 29.8 Å². The highest BCUT2D eigenvalue weighted by molar-refractivity contribution is 7.89. The lowest BCUT2D eigenvalue weighted by Crippen LogP contribution is -2.32. The molecule has 0 amide bonds. The second kappa shape index (κ2) is 11.0. The van der Waals surface area contributed by atoms with Crippen molar-refractivity contribution in [3.63, 3.8) is 0 Å². The van der Waals surface area contributed by atoms with Crippen LogP contribution < -0.4 is 0 Å². The number of rotatable bonds is 11. The molecule has 0 saturated heterocycles. The van der Waals surface area contributed by atoms with Gasteiger partial charge in [0.25, 0.3) is 0 Å². The molecule has 5 nitrogen and oxygen atoms in total. The Kier molecular flexibility index (Phi) is 8.96. The second-order valence-corrected chi connectivity index (χ2v) is 9.60. The number of carbonyl (C=O) groups excluding carboxylic acids is 1. The van der Waals surface area contributed by atoms with E-state index >= 15 is 0 Å². The van der Waals surface area contributed by atoms with Crippen molar-refractivity contribution in [2.45, 2.75) is 76.5 Å². The molecule has 2 rings (SSSR count). The molecule has 0 radical (unpaired) electrons. The van der Waals surface area contributed by atoms with Crippen molar-refractivity contribution in [2.75, 3.05) is 19.7 Å². The molecule has 0 N–H and O–H groups in total. The first-order valence-corrected chi connectivity index (χ1v) is 12.1. The van der Waals surface area contributed by atoms with Crippen molar-refractivity contribution in [3.8, 4) is 0 Å². The Hall–Kier alpha value is -1.40. The molecular weight excluding hydrogens is 374 g/mol. The predicted molar refractivity (Wildman–Crippen MR) is 112 cm³/mol. The Balaban J connectivity index is 2.23. The van der Waals surface area contributed by atoms with Gasteiger partial charge in [-0.1, -0.05) is 51.7 Å². The quantitative estimate of drug-likeness (QED) is 0.496. The third-order valence-electron chi connectivity index (χ3n) is 5.48. The predicted octanol–water partition coefficient (Wildman–Crippen LogP) is 4.72. The zero-order valence-electron chi connectivity index (χ0n) is 17.5. The number of sulfonamides is 1. The number of esters is 1. The monoisotopic (exact) mass is 409 g/mol. The number of benzene rings is 1. The lowest BCUT2D eigenvalue weighted by molar-refractivity contribution is -0.145. The first-order chi connectivity index (χ1) is 13.4. The summed E-state index contributed by atoms with van der Waals surface area (Å²) in [4.78, 5) is 12.8. The summed E-state index contributed by atoms with van der Waals surface area (Å²) in [5.41, 5.74) is 0.849. The molecule has 0 aromatic heterocycles. The van der Waals surface area contributed by atoms with E-state index in [0.717, 1.165) is 37.7 Å². The Morgan fingerprint density at radius 3 is 2.14 bits per heavy atom. The molecule has 28 heavy (non-hydrogen) atoms. The fourth-order valence-electron chi connectivity index (χ4n) is 4.06. The summed E-state index contributed by atoms with van der Waals surface area (Å²) in [5, 5.41) is 0. The van der Waals surface area contributed by atoms with Crippen LogP contribution in [0.3, 0.4) is 0 Å². The van der Waals surface area contributed by atoms with E-state index in [1.807, 2.05) is 20.8 Å². The SMILES string of the molecule is CCCN(CCC)S(=O)(=O)c1ccc(C(CC2CCCC2)C(=O)OCC)cc1. The summed E-state index contributed by atoms with van der Waals surface area (Å²) in [6.45, 7) is 7.17. The summed E-state index contributed by atoms with van der Waals surface area (Å²) < 4.78 is 32.7. The average molecular weight is 410 g/mol. The number of hydrogen-bond donors (Lipinski definition) is 0. The van der Waals surface area contributed by atoms with Gasteiger partial charge >= 0.3 is 5.97 Å². The van der Waals surface area contributed by atoms with Crippen LogP contribution in [0.25, 0.3) is 0 Å². The summed E-state index contributed by atoms with van der Waals surface area (Å²) in [6, 6.07) is 6.87. The zero-order chi connectivity index (χ0) is 20.6. The van der Waals surface area contributed by atoms with Crippen LogP contribution in [0.15, 0.2) is 29.2 Å². The minimum Gasteiger partial charge on any atom is -0.466 e. The van der Waals surface area contributed by atoms with Crippen LogP contribution in [0, 0.1) is 5.92 Å². The smallest absolute Gasteiger partial charge is 0.313 e. The van der Waals surface area contributed by atoms with Gasteiger partial charge in [0.05, 0.1) is 17.4 Å². The van der Waals surface area contributed by atoms with E-state index in [0.29, 0.717) is 30.5 Å². The van der Waals surface area contributed by atoms with Gasteiger partial charge in [-0.25, -0.2) is 8.42 Å². The standard InChI is InChI=1S/C22H35NO4S/c1-4-15-23(16-5-2)28(25,26)20-13-11-19(12-14-20)21(22(24)27-6-3)17-18-9-7-8-10-18/h11-14,18,21H,4-10,15-17H2,1-3H3. The van der Waals surface area contributed by atoms with E-state index in [1.54, 1.807) is 28.6 Å². The summed E-state index contributed by atoms with van der Waals surface area (Å²) >= 11 is 0. The van der Waals surface area contributed by atoms with Crippen molar-refractivity contribution >= 4 is 16.0 Å². The topological polar surface area (TPSA) is 63.7 Å². The molecule has 0 spiro atoms. The van der Waals surface area contributed by atoms with Gasteiger partial charge in [-0.2, -0.15) is 4.31 Å². The van der Waals surface area contributed by atoms with E-state index < -0.39 is 10.0 Å². The maximum absolute atomic E-state index is 12.9. The fourth-order valence-corrected chi connectivity index (χ4v) is 5.69. The molecule has 0 aliphatic heterocycles. The molecule has 6 heteroatoms. The van der Waals surface area contributed by atoms with E-state index in [4.69, 9.17) is 4.74 Å². The van der Waals surface area contributed by atoms with Gasteiger partial charge in [-0.05, 0) is 49.8 Å². The van der Waals surface area contributed by atoms with Gasteiger partial charge < -0.3 is 4.74 Å². The van der Waals surface area contributed by atoms with E-state index in [-0.39, 0.29) is 11.9 Å². The van der Waals surface area contributed by atoms with Crippen LogP contribution in [-0.2, 0) is 19.6 Å². The third kappa shape index (κ3) is 5.80. The van der Waals surface area contributed by atoms with Crippen LogP contribution in [0.1, 0.15) is 77.2 Å². The van der Waals surface area contributed by atoms with Crippen molar-refractivity contribution < 1.29 is 17.9 Å². The molecule has 1 aromatic carbocycles. The number of nitrogens with zero attached hydrogens (tertiary/aromatic N) is 1. The Labute approximate surface area is 170 Å². The van der Waals surface area contributed by atoms with Crippen molar-refractivity contribution in [1.82, 2.24) is 4.31 Å². The highest BCUT2D eigenvalue weighted by atomic mass is 32.2. The van der Waals surface area contributed by atoms with Crippen LogP contribution >= 0.6 is 0 Å². The fraction of sp³-hybridized carbons (Fsp3) is 0.682. The summed E-state index contributed by atoms with van der Waals surface area (Å²) in [7, 11) is -3.50. The molecule has 158 valence electrons. The third-order valence-corrected chi connectivity index (χ3v) is 7.39.